The fourth-order valence-electron chi connectivity index (χ4n) is 1.56. The smallest absolute Gasteiger partial charge is 0.119 e. The number of hydrogen-bond donors (Lipinski definition) is 1. The maximum atomic E-state index is 5.51. The van der Waals surface area contributed by atoms with Crippen molar-refractivity contribution in [1.29, 1.82) is 0 Å². The molecule has 0 aliphatic carbocycles. The van der Waals surface area contributed by atoms with Crippen LogP contribution in [-0.4, -0.2) is 18.1 Å². The lowest BCUT2D eigenvalue weighted by molar-refractivity contribution is 0.340. The molecule has 2 N–H and O–H groups in total. The summed E-state index contributed by atoms with van der Waals surface area (Å²) in [6.07, 6.45) is 2.76. The molecular formula is C13H16N2OS. The van der Waals surface area contributed by atoms with Crippen molar-refractivity contribution in [3.05, 3.63) is 35.5 Å². The zero-order valence-corrected chi connectivity index (χ0v) is 10.7. The molecule has 1 aromatic heterocycles. The van der Waals surface area contributed by atoms with E-state index in [1.165, 1.54) is 10.4 Å². The molecule has 0 spiro atoms. The van der Waals surface area contributed by atoms with Gasteiger partial charge in [-0.05, 0) is 43.3 Å². The highest BCUT2D eigenvalue weighted by Crippen LogP contribution is 2.27. The molecule has 0 unspecified atom stereocenters. The molecule has 0 saturated carbocycles. The minimum Gasteiger partial charge on any atom is -0.494 e. The van der Waals surface area contributed by atoms with E-state index in [2.05, 4.69) is 17.1 Å². The van der Waals surface area contributed by atoms with Gasteiger partial charge in [0, 0.05) is 12.6 Å². The monoisotopic (exact) mass is 248 g/mol. The first-order valence-electron chi connectivity index (χ1n) is 5.71. The Balaban J connectivity index is 2.15. The highest BCUT2D eigenvalue weighted by Gasteiger charge is 2.04. The maximum Gasteiger partial charge on any atom is 0.119 e. The Labute approximate surface area is 105 Å². The van der Waals surface area contributed by atoms with Crippen molar-refractivity contribution in [3.63, 3.8) is 0 Å². The molecule has 1 aromatic carbocycles. The van der Waals surface area contributed by atoms with Crippen LogP contribution in [0.4, 0.5) is 0 Å². The molecule has 0 radical (unpaired) electrons. The van der Waals surface area contributed by atoms with Crippen LogP contribution in [0.15, 0.2) is 30.5 Å². The normalized spacial score (nSPS) is 10.5. The van der Waals surface area contributed by atoms with Crippen molar-refractivity contribution in [1.82, 2.24) is 4.98 Å². The lowest BCUT2D eigenvalue weighted by atomic mass is 10.2. The van der Waals surface area contributed by atoms with E-state index in [1.807, 2.05) is 25.3 Å². The van der Waals surface area contributed by atoms with Gasteiger partial charge in [0.1, 0.15) is 5.75 Å². The Morgan fingerprint density at radius 2 is 2.06 bits per heavy atom. The van der Waals surface area contributed by atoms with Crippen LogP contribution in [0.25, 0.3) is 10.4 Å². The van der Waals surface area contributed by atoms with Gasteiger partial charge < -0.3 is 10.5 Å². The van der Waals surface area contributed by atoms with E-state index in [9.17, 15) is 0 Å². The van der Waals surface area contributed by atoms with Crippen molar-refractivity contribution >= 4 is 11.3 Å². The molecule has 1 heterocycles. The lowest BCUT2D eigenvalue weighted by Crippen LogP contribution is -2.01. The predicted octanol–water partition coefficient (Wildman–Crippen LogP) is 2.71. The fraction of sp³-hybridized carbons (Fsp3) is 0.308. The molecule has 17 heavy (non-hydrogen) atoms. The third kappa shape index (κ3) is 3.05. The van der Waals surface area contributed by atoms with Gasteiger partial charge in [0.15, 0.2) is 0 Å². The zero-order valence-electron chi connectivity index (χ0n) is 9.85. The predicted molar refractivity (Wildman–Crippen MR) is 71.5 cm³/mol. The van der Waals surface area contributed by atoms with E-state index in [0.717, 1.165) is 17.2 Å². The summed E-state index contributed by atoms with van der Waals surface area (Å²) < 4.78 is 5.41. The van der Waals surface area contributed by atoms with Crippen LogP contribution in [0.3, 0.4) is 0 Å². The summed E-state index contributed by atoms with van der Waals surface area (Å²) in [6.45, 7) is 3.33. The van der Waals surface area contributed by atoms with E-state index in [4.69, 9.17) is 10.5 Å². The molecule has 90 valence electrons. The number of rotatable bonds is 5. The summed E-state index contributed by atoms with van der Waals surface area (Å²) in [5.74, 6) is 0.906. The molecule has 0 fully saturated rings. The van der Waals surface area contributed by atoms with E-state index < -0.39 is 0 Å². The number of benzene rings is 1. The molecule has 0 aliphatic rings. The van der Waals surface area contributed by atoms with Crippen LogP contribution in [-0.2, 0) is 6.42 Å². The molecule has 0 bridgehead atoms. The van der Waals surface area contributed by atoms with Gasteiger partial charge in [0.25, 0.3) is 0 Å². The maximum absolute atomic E-state index is 5.51. The Bertz CT molecular complexity index is 465. The minimum atomic E-state index is 0.649. The highest BCUT2D eigenvalue weighted by atomic mass is 32.1. The molecule has 0 aliphatic heterocycles. The summed E-state index contributed by atoms with van der Waals surface area (Å²) in [7, 11) is 0. The van der Waals surface area contributed by atoms with Crippen LogP contribution in [0.2, 0.25) is 0 Å². The van der Waals surface area contributed by atoms with Gasteiger partial charge in [-0.2, -0.15) is 0 Å². The topological polar surface area (TPSA) is 48.1 Å². The standard InChI is InChI=1S/C13H16N2OS/c1-2-16-11-5-3-10(4-6-11)12-9-15-13(17-12)7-8-14/h3-6,9H,2,7-8,14H2,1H3. The number of nitrogens with zero attached hydrogens (tertiary/aromatic N) is 1. The van der Waals surface area contributed by atoms with Gasteiger partial charge in [-0.25, -0.2) is 4.98 Å². The van der Waals surface area contributed by atoms with Crippen molar-refractivity contribution in [2.24, 2.45) is 5.73 Å². The van der Waals surface area contributed by atoms with E-state index in [-0.39, 0.29) is 0 Å². The van der Waals surface area contributed by atoms with Gasteiger partial charge in [0.05, 0.1) is 16.5 Å². The van der Waals surface area contributed by atoms with Crippen LogP contribution in [0, 0.1) is 0 Å². The van der Waals surface area contributed by atoms with Crippen molar-refractivity contribution < 1.29 is 4.74 Å². The average molecular weight is 248 g/mol. The Morgan fingerprint density at radius 1 is 1.29 bits per heavy atom. The molecule has 0 saturated heterocycles. The Morgan fingerprint density at radius 3 is 2.71 bits per heavy atom. The SMILES string of the molecule is CCOc1ccc(-c2cnc(CCN)s2)cc1. The van der Waals surface area contributed by atoms with E-state index in [1.54, 1.807) is 11.3 Å². The first kappa shape index (κ1) is 12.1. The van der Waals surface area contributed by atoms with Gasteiger partial charge in [-0.15, -0.1) is 11.3 Å². The second-order valence-electron chi connectivity index (χ2n) is 3.61. The lowest BCUT2D eigenvalue weighted by Gasteiger charge is -2.03. The van der Waals surface area contributed by atoms with Crippen LogP contribution < -0.4 is 10.5 Å². The minimum absolute atomic E-state index is 0.649. The van der Waals surface area contributed by atoms with E-state index >= 15 is 0 Å². The molecule has 2 rings (SSSR count). The second-order valence-corrected chi connectivity index (χ2v) is 4.73. The van der Waals surface area contributed by atoms with Crippen LogP contribution in [0.1, 0.15) is 11.9 Å². The quantitative estimate of drug-likeness (QED) is 0.885. The number of hydrogen-bond acceptors (Lipinski definition) is 4. The number of thiazole rings is 1. The van der Waals surface area contributed by atoms with Gasteiger partial charge in [-0.1, -0.05) is 0 Å². The first-order chi connectivity index (χ1) is 8.33. The third-order valence-electron chi connectivity index (χ3n) is 2.36. The molecule has 2 aromatic rings. The van der Waals surface area contributed by atoms with E-state index in [0.29, 0.717) is 13.2 Å². The fourth-order valence-corrected chi connectivity index (χ4v) is 2.50. The van der Waals surface area contributed by atoms with Crippen LogP contribution in [0.5, 0.6) is 5.75 Å². The molecule has 0 atom stereocenters. The van der Waals surface area contributed by atoms with Crippen molar-refractivity contribution in [3.8, 4) is 16.2 Å². The number of aromatic nitrogens is 1. The summed E-state index contributed by atoms with van der Waals surface area (Å²) in [4.78, 5) is 5.53. The van der Waals surface area contributed by atoms with Crippen molar-refractivity contribution in [2.45, 2.75) is 13.3 Å². The summed E-state index contributed by atoms with van der Waals surface area (Å²) in [5, 5.41) is 1.09. The van der Waals surface area contributed by atoms with Crippen LogP contribution >= 0.6 is 11.3 Å². The number of ether oxygens (including phenoxy) is 1. The van der Waals surface area contributed by atoms with Crippen molar-refractivity contribution in [2.75, 3.05) is 13.2 Å². The van der Waals surface area contributed by atoms with Gasteiger partial charge >= 0.3 is 0 Å². The first-order valence-corrected chi connectivity index (χ1v) is 6.53. The Hall–Kier alpha value is -1.39. The van der Waals surface area contributed by atoms with Gasteiger partial charge in [0.2, 0.25) is 0 Å². The molecule has 4 heteroatoms. The summed E-state index contributed by atoms with van der Waals surface area (Å²) >= 11 is 1.70. The molecule has 0 amide bonds. The molecular weight excluding hydrogens is 232 g/mol. The third-order valence-corrected chi connectivity index (χ3v) is 3.47. The molecule has 3 nitrogen and oxygen atoms in total. The zero-order chi connectivity index (χ0) is 12.1. The Kier molecular flexibility index (Phi) is 4.12. The summed E-state index contributed by atoms with van der Waals surface area (Å²) in [6, 6.07) is 8.10. The largest absolute Gasteiger partial charge is 0.494 e. The second kappa shape index (κ2) is 5.80. The average Bonchev–Trinajstić information content (AvgIpc) is 2.80. The number of nitrogens with two attached hydrogens (primary N) is 1. The highest BCUT2D eigenvalue weighted by molar-refractivity contribution is 7.15. The van der Waals surface area contributed by atoms with Gasteiger partial charge in [-0.3, -0.25) is 0 Å². The summed E-state index contributed by atoms with van der Waals surface area (Å²) in [5.41, 5.74) is 6.69.